The number of rotatable bonds is 9. The molecule has 0 bridgehead atoms. The fourth-order valence-electron chi connectivity index (χ4n) is 1.73. The number of esters is 1. The van der Waals surface area contributed by atoms with Gasteiger partial charge in [-0.2, -0.15) is 0 Å². The summed E-state index contributed by atoms with van der Waals surface area (Å²) >= 11 is 1.02. The van der Waals surface area contributed by atoms with E-state index in [1.54, 1.807) is 0 Å². The maximum absolute atomic E-state index is 12.1. The molecule has 0 saturated carbocycles. The Balaban J connectivity index is 2.59. The molecule has 0 aliphatic carbocycles. The zero-order valence-electron chi connectivity index (χ0n) is 14.5. The van der Waals surface area contributed by atoms with E-state index in [9.17, 15) is 19.2 Å². The maximum atomic E-state index is 12.1. The summed E-state index contributed by atoms with van der Waals surface area (Å²) in [5.41, 5.74) is -0.158. The summed E-state index contributed by atoms with van der Waals surface area (Å²) in [5, 5.41) is 2.91. The van der Waals surface area contributed by atoms with E-state index in [0.29, 0.717) is 6.54 Å². The summed E-state index contributed by atoms with van der Waals surface area (Å²) in [4.78, 5) is 54.4. The van der Waals surface area contributed by atoms with E-state index >= 15 is 0 Å². The minimum Gasteiger partial charge on any atom is -0.469 e. The predicted octanol–water partition coefficient (Wildman–Crippen LogP) is -0.438. The fourth-order valence-corrected chi connectivity index (χ4v) is 2.56. The van der Waals surface area contributed by atoms with Crippen LogP contribution in [0.4, 0.5) is 0 Å². The molecule has 25 heavy (non-hydrogen) atoms. The minimum atomic E-state index is -0.511. The number of nitrogens with zero attached hydrogens (tertiary/aromatic N) is 2. The van der Waals surface area contributed by atoms with Crippen molar-refractivity contribution in [3.63, 3.8) is 0 Å². The Morgan fingerprint density at radius 3 is 2.76 bits per heavy atom. The molecular formula is C15H22N4O5S. The summed E-state index contributed by atoms with van der Waals surface area (Å²) in [6, 6.07) is 1.20. The first-order valence-electron chi connectivity index (χ1n) is 7.66. The van der Waals surface area contributed by atoms with E-state index in [-0.39, 0.29) is 41.4 Å². The molecule has 0 spiro atoms. The van der Waals surface area contributed by atoms with Crippen LogP contribution in [0.25, 0.3) is 0 Å². The van der Waals surface area contributed by atoms with Crippen molar-refractivity contribution in [2.45, 2.75) is 24.9 Å². The van der Waals surface area contributed by atoms with Gasteiger partial charge in [-0.15, -0.1) is 0 Å². The average molecular weight is 370 g/mol. The topological polar surface area (TPSA) is 121 Å². The van der Waals surface area contributed by atoms with Crippen molar-refractivity contribution in [3.8, 4) is 0 Å². The fraction of sp³-hybridized carbons (Fsp3) is 0.533. The minimum absolute atomic E-state index is 0.00216. The van der Waals surface area contributed by atoms with Crippen molar-refractivity contribution in [1.29, 1.82) is 0 Å². The number of nitrogens with one attached hydrogen (secondary N) is 2. The molecule has 0 saturated heterocycles. The molecule has 138 valence electrons. The van der Waals surface area contributed by atoms with Crippen LogP contribution in [0, 0.1) is 0 Å². The largest absolute Gasteiger partial charge is 0.469 e. The van der Waals surface area contributed by atoms with Gasteiger partial charge in [0, 0.05) is 19.7 Å². The number of ether oxygens (including phenoxy) is 1. The van der Waals surface area contributed by atoms with E-state index in [4.69, 9.17) is 0 Å². The van der Waals surface area contributed by atoms with Crippen molar-refractivity contribution in [1.82, 2.24) is 20.2 Å². The number of aromatic amines is 1. The Bertz CT molecular complexity index is 676. The van der Waals surface area contributed by atoms with Gasteiger partial charge in [-0.25, -0.2) is 4.98 Å². The van der Waals surface area contributed by atoms with Crippen LogP contribution in [0.5, 0.6) is 0 Å². The van der Waals surface area contributed by atoms with Crippen LogP contribution in [-0.2, 0) is 25.5 Å². The van der Waals surface area contributed by atoms with Crippen molar-refractivity contribution < 1.29 is 19.1 Å². The highest BCUT2D eigenvalue weighted by molar-refractivity contribution is 7.99. The Morgan fingerprint density at radius 2 is 2.12 bits per heavy atom. The number of aromatic nitrogens is 2. The highest BCUT2D eigenvalue weighted by atomic mass is 32.2. The quantitative estimate of drug-likeness (QED) is 0.343. The number of methoxy groups -OCH3 is 1. The van der Waals surface area contributed by atoms with Crippen LogP contribution in [0.15, 0.2) is 16.0 Å². The van der Waals surface area contributed by atoms with Gasteiger partial charge in [0.15, 0.2) is 5.16 Å². The Hall–Kier alpha value is -2.36. The Labute approximate surface area is 149 Å². The number of amides is 2. The second-order valence-corrected chi connectivity index (χ2v) is 6.15. The first-order valence-corrected chi connectivity index (χ1v) is 8.64. The number of carbonyl (C=O) groups excluding carboxylic acids is 3. The molecule has 0 aromatic carbocycles. The van der Waals surface area contributed by atoms with Crippen LogP contribution < -0.4 is 10.9 Å². The van der Waals surface area contributed by atoms with Gasteiger partial charge >= 0.3 is 5.97 Å². The highest BCUT2D eigenvalue weighted by Gasteiger charge is 2.14. The molecule has 2 N–H and O–H groups in total. The van der Waals surface area contributed by atoms with Crippen molar-refractivity contribution >= 4 is 29.5 Å². The van der Waals surface area contributed by atoms with E-state index in [2.05, 4.69) is 20.0 Å². The number of carbonyl (C=O) groups is 3. The lowest BCUT2D eigenvalue weighted by Crippen LogP contribution is -2.39. The van der Waals surface area contributed by atoms with Crippen LogP contribution >= 0.6 is 11.8 Å². The van der Waals surface area contributed by atoms with Crippen molar-refractivity contribution in [2.75, 3.05) is 33.0 Å². The van der Waals surface area contributed by atoms with Crippen molar-refractivity contribution in [3.05, 3.63) is 22.1 Å². The van der Waals surface area contributed by atoms with Gasteiger partial charge in [-0.1, -0.05) is 18.7 Å². The molecule has 0 aliphatic heterocycles. The number of hydrogen-bond acceptors (Lipinski definition) is 7. The lowest BCUT2D eigenvalue weighted by Gasteiger charge is -2.16. The van der Waals surface area contributed by atoms with Crippen LogP contribution in [0.2, 0.25) is 0 Å². The standard InChI is InChI=1S/C15H22N4O5S/c1-4-5-16-12(21)8-19(2)13(22)9-25-15-17-10(6-11(20)18-15)7-14(23)24-3/h6H,4-5,7-9H2,1-3H3,(H,16,21)(H,17,18,20). The van der Waals surface area contributed by atoms with Gasteiger partial charge in [0.05, 0.1) is 31.5 Å². The Morgan fingerprint density at radius 1 is 1.40 bits per heavy atom. The summed E-state index contributed by atoms with van der Waals surface area (Å²) in [5.74, 6) is -1.02. The normalized spacial score (nSPS) is 10.2. The molecule has 1 aromatic heterocycles. The smallest absolute Gasteiger partial charge is 0.311 e. The molecule has 0 unspecified atom stereocenters. The monoisotopic (exact) mass is 370 g/mol. The lowest BCUT2D eigenvalue weighted by atomic mass is 10.3. The number of likely N-dealkylation sites (N-methyl/N-ethyl adjacent to an activating group) is 1. The second kappa shape index (κ2) is 10.5. The van der Waals surface area contributed by atoms with Crippen LogP contribution in [0.1, 0.15) is 19.0 Å². The van der Waals surface area contributed by atoms with E-state index < -0.39 is 11.5 Å². The molecule has 1 heterocycles. The third-order valence-electron chi connectivity index (χ3n) is 3.04. The van der Waals surface area contributed by atoms with E-state index in [1.807, 2.05) is 6.92 Å². The summed E-state index contributed by atoms with van der Waals surface area (Å²) in [6.07, 6.45) is 0.694. The molecule has 1 aromatic rings. The summed E-state index contributed by atoms with van der Waals surface area (Å²) < 4.78 is 4.53. The number of H-pyrrole nitrogens is 1. The van der Waals surface area contributed by atoms with Gasteiger partial charge in [0.25, 0.3) is 5.56 Å². The molecular weight excluding hydrogens is 348 g/mol. The first kappa shape index (κ1) is 20.7. The molecule has 1 rings (SSSR count). The predicted molar refractivity (Wildman–Crippen MR) is 92.2 cm³/mol. The van der Waals surface area contributed by atoms with Gasteiger partial charge in [-0.05, 0) is 6.42 Å². The molecule has 0 aliphatic rings. The SMILES string of the molecule is CCCNC(=O)CN(C)C(=O)CSc1nc(CC(=O)OC)cc(=O)[nH]1. The first-order chi connectivity index (χ1) is 11.8. The zero-order valence-corrected chi connectivity index (χ0v) is 15.3. The Kier molecular flexibility index (Phi) is 8.68. The highest BCUT2D eigenvalue weighted by Crippen LogP contribution is 2.12. The van der Waals surface area contributed by atoms with Crippen molar-refractivity contribution in [2.24, 2.45) is 0 Å². The molecule has 0 atom stereocenters. The zero-order chi connectivity index (χ0) is 18.8. The maximum Gasteiger partial charge on any atom is 0.311 e. The summed E-state index contributed by atoms with van der Waals surface area (Å²) in [6.45, 7) is 2.47. The second-order valence-electron chi connectivity index (χ2n) is 5.18. The van der Waals surface area contributed by atoms with Gasteiger partial charge in [-0.3, -0.25) is 19.2 Å². The van der Waals surface area contributed by atoms with Crippen LogP contribution in [0.3, 0.4) is 0 Å². The van der Waals surface area contributed by atoms with Gasteiger partial charge in [0.2, 0.25) is 11.8 Å². The van der Waals surface area contributed by atoms with E-state index in [0.717, 1.165) is 18.2 Å². The molecule has 2 amide bonds. The molecule has 0 radical (unpaired) electrons. The summed E-state index contributed by atoms with van der Waals surface area (Å²) in [7, 11) is 2.77. The van der Waals surface area contributed by atoms with E-state index in [1.165, 1.54) is 25.1 Å². The number of hydrogen-bond donors (Lipinski definition) is 2. The molecule has 10 heteroatoms. The molecule has 0 fully saturated rings. The van der Waals surface area contributed by atoms with Gasteiger partial charge in [0.1, 0.15) is 0 Å². The third kappa shape index (κ3) is 7.84. The van der Waals surface area contributed by atoms with Gasteiger partial charge < -0.3 is 19.9 Å². The lowest BCUT2D eigenvalue weighted by molar-refractivity contribution is -0.139. The average Bonchev–Trinajstić information content (AvgIpc) is 2.57. The van der Waals surface area contributed by atoms with Crippen LogP contribution in [-0.4, -0.2) is 65.7 Å². The number of thioether (sulfide) groups is 1. The third-order valence-corrected chi connectivity index (χ3v) is 3.90. The molecule has 9 nitrogen and oxygen atoms in total.